The van der Waals surface area contributed by atoms with Gasteiger partial charge in [0.25, 0.3) is 0 Å². The summed E-state index contributed by atoms with van der Waals surface area (Å²) in [5, 5.41) is 29.4. The molecule has 8 unspecified atom stereocenters. The molecule has 0 spiro atoms. The van der Waals surface area contributed by atoms with E-state index in [-0.39, 0.29) is 57.8 Å². The zero-order valence-electron chi connectivity index (χ0n) is 43.3. The van der Waals surface area contributed by atoms with Gasteiger partial charge in [-0.2, -0.15) is 0 Å². The number of aliphatic hydroxyl groups is 1. The molecule has 5 rings (SSSR count). The maximum absolute atomic E-state index is 14.2. The van der Waals surface area contributed by atoms with E-state index >= 15 is 0 Å². The molecule has 1 saturated heterocycles. The Hall–Kier alpha value is -6.17. The standard InChI is InChI=1S/C57H76N4O12/c1-38(2)31-44(60-56(67)73-57(5,6)7)53(65)59-45(32-48(63)64)55(71-37-43-27-18-11-19-28-43)61-49(39(3)4)54(66)58-30-20-29-46-50(68-34-40-21-12-8-13-22-40)52(70-36-42-25-16-10-17-26-42)51(47(33-62)72-46)69-35-41-23-14-9-15-24-41/h8-19,21-28,38-39,44-47,49-52,62H,20,29-37H2,1-7H3,(H,58,66)(H,59,65)(H,60,67)(H,63,64). The van der Waals surface area contributed by atoms with Crippen LogP contribution in [0.3, 0.4) is 0 Å². The number of nitrogens with zero attached hydrogens (tertiary/aromatic N) is 1. The number of nitrogens with one attached hydrogen (secondary N) is 3. The molecule has 3 amide bonds. The number of ether oxygens (including phenoxy) is 6. The molecule has 4 aromatic rings. The van der Waals surface area contributed by atoms with Crippen molar-refractivity contribution in [2.75, 3.05) is 13.2 Å². The average molecular weight is 1010 g/mol. The highest BCUT2D eigenvalue weighted by atomic mass is 16.6. The van der Waals surface area contributed by atoms with Crippen LogP contribution in [0, 0.1) is 11.8 Å². The number of hydrogen-bond donors (Lipinski definition) is 5. The van der Waals surface area contributed by atoms with E-state index < -0.39 is 90.5 Å². The molecule has 0 radical (unpaired) electrons. The first-order chi connectivity index (χ1) is 35.0. The fourth-order valence-electron chi connectivity index (χ4n) is 8.29. The third-order valence-corrected chi connectivity index (χ3v) is 11.8. The van der Waals surface area contributed by atoms with Crippen molar-refractivity contribution in [3.8, 4) is 0 Å². The van der Waals surface area contributed by atoms with Crippen molar-refractivity contribution in [3.05, 3.63) is 144 Å². The molecule has 0 aliphatic carbocycles. The van der Waals surface area contributed by atoms with Crippen LogP contribution >= 0.6 is 0 Å². The lowest BCUT2D eigenvalue weighted by Crippen LogP contribution is -2.61. The zero-order chi connectivity index (χ0) is 52.8. The summed E-state index contributed by atoms with van der Waals surface area (Å²) >= 11 is 0. The van der Waals surface area contributed by atoms with E-state index in [1.807, 2.05) is 149 Å². The molecule has 8 atom stereocenters. The Kier molecular flexibility index (Phi) is 23.3. The molecule has 5 N–H and O–H groups in total. The van der Waals surface area contributed by atoms with Crippen molar-refractivity contribution in [3.63, 3.8) is 0 Å². The van der Waals surface area contributed by atoms with Crippen LogP contribution in [0.4, 0.5) is 4.79 Å². The van der Waals surface area contributed by atoms with Crippen LogP contribution in [0.15, 0.2) is 126 Å². The van der Waals surface area contributed by atoms with Gasteiger partial charge in [0.2, 0.25) is 17.7 Å². The summed E-state index contributed by atoms with van der Waals surface area (Å²) in [5.74, 6) is -2.99. The predicted molar refractivity (Wildman–Crippen MR) is 277 cm³/mol. The number of amides is 3. The molecule has 16 heteroatoms. The number of carboxylic acids is 1. The predicted octanol–water partition coefficient (Wildman–Crippen LogP) is 7.94. The quantitative estimate of drug-likeness (QED) is 0.0219. The number of aliphatic imine (C=N–C) groups is 1. The Morgan fingerprint density at radius 1 is 0.644 bits per heavy atom. The van der Waals surface area contributed by atoms with Crippen LogP contribution < -0.4 is 16.0 Å². The Bertz CT molecular complexity index is 2300. The number of aliphatic hydroxyl groups excluding tert-OH is 1. The van der Waals surface area contributed by atoms with Crippen LogP contribution in [0.2, 0.25) is 0 Å². The number of carboxylic acid groups (broad SMARTS) is 1. The average Bonchev–Trinajstić information content (AvgIpc) is 3.35. The molecule has 1 heterocycles. The van der Waals surface area contributed by atoms with Crippen molar-refractivity contribution in [1.82, 2.24) is 16.0 Å². The van der Waals surface area contributed by atoms with Gasteiger partial charge < -0.3 is 54.6 Å². The summed E-state index contributed by atoms with van der Waals surface area (Å²) in [6, 6.07) is 35.0. The number of hydrogen-bond acceptors (Lipinski definition) is 12. The molecule has 73 heavy (non-hydrogen) atoms. The molecule has 1 aliphatic heterocycles. The lowest BCUT2D eigenvalue weighted by Gasteiger charge is -2.46. The molecular formula is C57H76N4O12. The van der Waals surface area contributed by atoms with Gasteiger partial charge in [-0.25, -0.2) is 9.79 Å². The molecule has 16 nitrogen and oxygen atoms in total. The highest BCUT2D eigenvalue weighted by Crippen LogP contribution is 2.32. The molecule has 0 aromatic heterocycles. The van der Waals surface area contributed by atoms with Gasteiger partial charge in [0, 0.05) is 6.54 Å². The van der Waals surface area contributed by atoms with Gasteiger partial charge in [0.05, 0.1) is 39.0 Å². The smallest absolute Gasteiger partial charge is 0.408 e. The zero-order valence-corrected chi connectivity index (χ0v) is 43.3. The molecule has 1 aliphatic rings. The second-order valence-corrected chi connectivity index (χ2v) is 20.0. The maximum Gasteiger partial charge on any atom is 0.408 e. The summed E-state index contributed by atoms with van der Waals surface area (Å²) in [4.78, 5) is 58.3. The molecule has 0 saturated carbocycles. The van der Waals surface area contributed by atoms with Gasteiger partial charge in [-0.05, 0) is 74.1 Å². The molecule has 0 bridgehead atoms. The normalized spacial score (nSPS) is 19.4. The topological polar surface area (TPSA) is 213 Å². The third-order valence-electron chi connectivity index (χ3n) is 11.8. The molecule has 396 valence electrons. The van der Waals surface area contributed by atoms with E-state index in [2.05, 4.69) is 16.0 Å². The van der Waals surface area contributed by atoms with Crippen molar-refractivity contribution >= 4 is 29.8 Å². The van der Waals surface area contributed by atoms with E-state index in [0.29, 0.717) is 12.8 Å². The summed E-state index contributed by atoms with van der Waals surface area (Å²) < 4.78 is 38.3. The van der Waals surface area contributed by atoms with Crippen molar-refractivity contribution in [2.24, 2.45) is 16.8 Å². The second kappa shape index (κ2) is 29.5. The number of carbonyl (C=O) groups is 4. The van der Waals surface area contributed by atoms with Gasteiger partial charge >= 0.3 is 12.1 Å². The SMILES string of the molecule is CC(C)CC(NC(=O)OC(C)(C)C)C(=O)NC(CC(=O)O)C(=NC(C(=O)NCCCC1OC(CO)C(OCc2ccccc2)C(OCc2ccccc2)C1OCc1ccccc1)C(C)C)OCc1ccccc1. The second-order valence-electron chi connectivity index (χ2n) is 20.0. The summed E-state index contributed by atoms with van der Waals surface area (Å²) in [6.07, 6.45) is -3.77. The first kappa shape index (κ1) is 57.7. The van der Waals surface area contributed by atoms with Crippen LogP contribution in [-0.4, -0.2) is 107 Å². The Morgan fingerprint density at radius 3 is 1.58 bits per heavy atom. The molecule has 4 aromatic carbocycles. The fraction of sp³-hybridized carbons (Fsp3) is 0.491. The Labute approximate surface area is 430 Å². The number of rotatable bonds is 27. The summed E-state index contributed by atoms with van der Waals surface area (Å²) in [6.45, 7) is 13.1. The molecular weight excluding hydrogens is 933 g/mol. The maximum atomic E-state index is 14.2. The van der Waals surface area contributed by atoms with E-state index in [9.17, 15) is 29.4 Å². The minimum atomic E-state index is -1.33. The lowest BCUT2D eigenvalue weighted by atomic mass is 9.91. The largest absolute Gasteiger partial charge is 0.481 e. The number of carbonyl (C=O) groups excluding carboxylic acids is 3. The van der Waals surface area contributed by atoms with Gasteiger partial charge in [0.1, 0.15) is 54.7 Å². The van der Waals surface area contributed by atoms with Gasteiger partial charge in [-0.1, -0.05) is 149 Å². The van der Waals surface area contributed by atoms with E-state index in [4.69, 9.17) is 33.4 Å². The van der Waals surface area contributed by atoms with Gasteiger partial charge in [0.15, 0.2) is 0 Å². The highest BCUT2D eigenvalue weighted by Gasteiger charge is 2.48. The highest BCUT2D eigenvalue weighted by molar-refractivity contribution is 5.95. The monoisotopic (exact) mass is 1010 g/mol. The van der Waals surface area contributed by atoms with Crippen LogP contribution in [-0.2, 0) is 69.2 Å². The number of alkyl carbamates (subject to hydrolysis) is 1. The van der Waals surface area contributed by atoms with Crippen LogP contribution in [0.1, 0.15) is 96.4 Å². The van der Waals surface area contributed by atoms with Gasteiger partial charge in [-0.15, -0.1) is 0 Å². The van der Waals surface area contributed by atoms with E-state index in [0.717, 1.165) is 22.3 Å². The lowest BCUT2D eigenvalue weighted by molar-refractivity contribution is -0.271. The van der Waals surface area contributed by atoms with Crippen molar-refractivity contribution < 1.29 is 57.8 Å². The van der Waals surface area contributed by atoms with Crippen LogP contribution in [0.25, 0.3) is 0 Å². The summed E-state index contributed by atoms with van der Waals surface area (Å²) in [7, 11) is 0. The van der Waals surface area contributed by atoms with Crippen LogP contribution in [0.5, 0.6) is 0 Å². The molecule has 1 fully saturated rings. The number of aliphatic carboxylic acids is 1. The number of benzene rings is 4. The minimum Gasteiger partial charge on any atom is -0.481 e. The van der Waals surface area contributed by atoms with E-state index in [1.54, 1.807) is 20.8 Å². The fourth-order valence-corrected chi connectivity index (χ4v) is 8.29. The Morgan fingerprint density at radius 2 is 1.12 bits per heavy atom. The first-order valence-electron chi connectivity index (χ1n) is 25.3. The van der Waals surface area contributed by atoms with Crippen molar-refractivity contribution in [1.29, 1.82) is 0 Å². The van der Waals surface area contributed by atoms with Crippen molar-refractivity contribution in [2.45, 2.75) is 155 Å². The first-order valence-corrected chi connectivity index (χ1v) is 25.3. The minimum absolute atomic E-state index is 0.0401. The van der Waals surface area contributed by atoms with E-state index in [1.165, 1.54) is 0 Å². The Balaban J connectivity index is 1.37. The summed E-state index contributed by atoms with van der Waals surface area (Å²) in [5.41, 5.74) is 2.76. The third kappa shape index (κ3) is 20.0. The van der Waals surface area contributed by atoms with Gasteiger partial charge in [-0.3, -0.25) is 14.4 Å².